The number of cyclic esters (lactones) is 1. The van der Waals surface area contributed by atoms with Crippen molar-refractivity contribution in [3.8, 4) is 11.3 Å². The molecule has 5 heteroatoms. The Morgan fingerprint density at radius 2 is 2.20 bits per heavy atom. The molecule has 0 saturated carbocycles. The van der Waals surface area contributed by atoms with Crippen LogP contribution in [0, 0.1) is 0 Å². The first-order chi connectivity index (χ1) is 9.74. The van der Waals surface area contributed by atoms with Crippen molar-refractivity contribution >= 4 is 17.3 Å². The zero-order chi connectivity index (χ0) is 13.9. The predicted octanol–water partition coefficient (Wildman–Crippen LogP) is 2.78. The normalized spacial score (nSPS) is 19.9. The first-order valence-electron chi connectivity index (χ1n) is 6.67. The Labute approximate surface area is 121 Å². The zero-order valence-electron chi connectivity index (χ0n) is 11.2. The highest BCUT2D eigenvalue weighted by molar-refractivity contribution is 7.10. The highest BCUT2D eigenvalue weighted by Gasteiger charge is 2.28. The lowest BCUT2D eigenvalue weighted by molar-refractivity contribution is -0.139. The summed E-state index contributed by atoms with van der Waals surface area (Å²) in [7, 11) is 0. The Kier molecular flexibility index (Phi) is 3.80. The van der Waals surface area contributed by atoms with E-state index in [2.05, 4.69) is 15.7 Å². The molecular formula is C15H16N2O2S. The molecular weight excluding hydrogens is 272 g/mol. The third kappa shape index (κ3) is 2.73. The van der Waals surface area contributed by atoms with Crippen molar-refractivity contribution in [1.29, 1.82) is 0 Å². The maximum absolute atomic E-state index is 11.5. The average Bonchev–Trinajstić information content (AvgIpc) is 3.10. The van der Waals surface area contributed by atoms with Crippen LogP contribution in [0.15, 0.2) is 35.7 Å². The van der Waals surface area contributed by atoms with Crippen LogP contribution < -0.4 is 5.32 Å². The number of nitrogens with one attached hydrogen (secondary N) is 1. The van der Waals surface area contributed by atoms with Gasteiger partial charge in [0.1, 0.15) is 11.0 Å². The molecule has 0 amide bonds. The number of rotatable bonds is 4. The number of thiazole rings is 1. The summed E-state index contributed by atoms with van der Waals surface area (Å²) >= 11 is 1.61. The van der Waals surface area contributed by atoms with Gasteiger partial charge in [0.25, 0.3) is 0 Å². The van der Waals surface area contributed by atoms with Crippen LogP contribution in [0.2, 0.25) is 0 Å². The van der Waals surface area contributed by atoms with Gasteiger partial charge in [0, 0.05) is 17.4 Å². The molecule has 3 rings (SSSR count). The topological polar surface area (TPSA) is 51.2 Å². The number of aromatic nitrogens is 1. The highest BCUT2D eigenvalue weighted by atomic mass is 32.1. The molecule has 0 bridgehead atoms. The van der Waals surface area contributed by atoms with Crippen LogP contribution in [-0.2, 0) is 9.53 Å². The fourth-order valence-corrected chi connectivity index (χ4v) is 3.09. The van der Waals surface area contributed by atoms with Crippen molar-refractivity contribution in [1.82, 2.24) is 10.3 Å². The number of benzene rings is 1. The van der Waals surface area contributed by atoms with E-state index < -0.39 is 0 Å². The van der Waals surface area contributed by atoms with Gasteiger partial charge in [-0.3, -0.25) is 10.1 Å². The van der Waals surface area contributed by atoms with Gasteiger partial charge in [-0.2, -0.15) is 0 Å². The van der Waals surface area contributed by atoms with Crippen molar-refractivity contribution in [2.75, 3.05) is 6.61 Å². The Morgan fingerprint density at radius 3 is 2.90 bits per heavy atom. The van der Waals surface area contributed by atoms with Gasteiger partial charge >= 0.3 is 5.97 Å². The van der Waals surface area contributed by atoms with Gasteiger partial charge < -0.3 is 4.74 Å². The van der Waals surface area contributed by atoms with Crippen LogP contribution in [0.25, 0.3) is 11.3 Å². The number of hydrogen-bond donors (Lipinski definition) is 1. The number of carbonyl (C=O) groups is 1. The van der Waals surface area contributed by atoms with Gasteiger partial charge in [0.15, 0.2) is 0 Å². The Hall–Kier alpha value is -1.72. The van der Waals surface area contributed by atoms with Crippen LogP contribution in [0.3, 0.4) is 0 Å². The van der Waals surface area contributed by atoms with Crippen LogP contribution in [0.5, 0.6) is 0 Å². The molecule has 0 spiro atoms. The minimum atomic E-state index is -0.200. The van der Waals surface area contributed by atoms with Crippen molar-refractivity contribution in [3.05, 3.63) is 40.7 Å². The first-order valence-corrected chi connectivity index (χ1v) is 7.55. The molecule has 0 radical (unpaired) electrons. The lowest BCUT2D eigenvalue weighted by atomic mass is 10.2. The summed E-state index contributed by atoms with van der Waals surface area (Å²) < 4.78 is 4.96. The maximum Gasteiger partial charge on any atom is 0.323 e. The lowest BCUT2D eigenvalue weighted by Crippen LogP contribution is -2.34. The predicted molar refractivity (Wildman–Crippen MR) is 78.5 cm³/mol. The molecule has 0 aliphatic carbocycles. The van der Waals surface area contributed by atoms with E-state index in [-0.39, 0.29) is 18.1 Å². The van der Waals surface area contributed by atoms with E-state index in [0.717, 1.165) is 22.7 Å². The van der Waals surface area contributed by atoms with Crippen molar-refractivity contribution in [2.24, 2.45) is 0 Å². The second-order valence-corrected chi connectivity index (χ2v) is 5.72. The molecule has 1 aromatic carbocycles. The molecule has 1 aliphatic rings. The van der Waals surface area contributed by atoms with Gasteiger partial charge in [0.05, 0.1) is 18.3 Å². The van der Waals surface area contributed by atoms with E-state index in [9.17, 15) is 4.79 Å². The Bertz CT molecular complexity index is 597. The van der Waals surface area contributed by atoms with E-state index in [1.807, 2.05) is 37.3 Å². The Morgan fingerprint density at radius 1 is 1.40 bits per heavy atom. The largest absolute Gasteiger partial charge is 0.464 e. The third-order valence-corrected chi connectivity index (χ3v) is 4.38. The number of ether oxygens (including phenoxy) is 1. The lowest BCUT2D eigenvalue weighted by Gasteiger charge is -2.14. The van der Waals surface area contributed by atoms with E-state index in [1.54, 1.807) is 11.3 Å². The standard InChI is InChI=1S/C15H16N2O2S/c1-10(16-12-7-8-19-15(12)18)14-17-13(9-20-14)11-5-3-2-4-6-11/h2-6,9-10,12,16H,7-8H2,1H3/t10-,12+/m1/s1. The summed E-state index contributed by atoms with van der Waals surface area (Å²) in [4.78, 5) is 16.1. The number of carbonyl (C=O) groups excluding carboxylic acids is 1. The number of esters is 1. The minimum absolute atomic E-state index is 0.0492. The second kappa shape index (κ2) is 5.73. The van der Waals surface area contributed by atoms with E-state index in [1.165, 1.54) is 0 Å². The monoisotopic (exact) mass is 288 g/mol. The van der Waals surface area contributed by atoms with Gasteiger partial charge in [-0.05, 0) is 6.92 Å². The van der Waals surface area contributed by atoms with E-state index >= 15 is 0 Å². The van der Waals surface area contributed by atoms with Crippen molar-refractivity contribution in [3.63, 3.8) is 0 Å². The first kappa shape index (κ1) is 13.3. The summed E-state index contributed by atoms with van der Waals surface area (Å²) in [5.41, 5.74) is 2.09. The Balaban J connectivity index is 1.71. The number of hydrogen-bond acceptors (Lipinski definition) is 5. The van der Waals surface area contributed by atoms with Gasteiger partial charge in [-0.15, -0.1) is 11.3 Å². The van der Waals surface area contributed by atoms with Gasteiger partial charge in [-0.1, -0.05) is 30.3 Å². The van der Waals surface area contributed by atoms with Crippen molar-refractivity contribution < 1.29 is 9.53 Å². The zero-order valence-corrected chi connectivity index (χ0v) is 12.0. The molecule has 2 heterocycles. The molecule has 0 unspecified atom stereocenters. The molecule has 1 saturated heterocycles. The molecule has 104 valence electrons. The fraction of sp³-hybridized carbons (Fsp3) is 0.333. The summed E-state index contributed by atoms with van der Waals surface area (Å²) in [6.07, 6.45) is 0.736. The molecule has 1 N–H and O–H groups in total. The quantitative estimate of drug-likeness (QED) is 0.879. The molecule has 1 aromatic heterocycles. The van der Waals surface area contributed by atoms with E-state index in [4.69, 9.17) is 4.74 Å². The molecule has 2 aromatic rings. The highest BCUT2D eigenvalue weighted by Crippen LogP contribution is 2.26. The SMILES string of the molecule is C[C@@H](N[C@H]1CCOC1=O)c1nc(-c2ccccc2)cs1. The molecule has 20 heavy (non-hydrogen) atoms. The summed E-state index contributed by atoms with van der Waals surface area (Å²) in [6, 6.07) is 9.94. The number of nitrogens with zero attached hydrogens (tertiary/aromatic N) is 1. The molecule has 1 fully saturated rings. The summed E-state index contributed by atoms with van der Waals surface area (Å²) in [6.45, 7) is 2.54. The molecule has 1 aliphatic heterocycles. The van der Waals surface area contributed by atoms with Crippen LogP contribution in [0.4, 0.5) is 0 Å². The van der Waals surface area contributed by atoms with Gasteiger partial charge in [-0.25, -0.2) is 4.98 Å². The summed E-state index contributed by atoms with van der Waals surface area (Å²) in [5, 5.41) is 6.32. The molecule has 4 nitrogen and oxygen atoms in total. The minimum Gasteiger partial charge on any atom is -0.464 e. The molecule has 2 atom stereocenters. The maximum atomic E-state index is 11.5. The van der Waals surface area contributed by atoms with Crippen LogP contribution >= 0.6 is 11.3 Å². The summed E-state index contributed by atoms with van der Waals surface area (Å²) in [5.74, 6) is -0.156. The fourth-order valence-electron chi connectivity index (χ4n) is 2.25. The van der Waals surface area contributed by atoms with Crippen LogP contribution in [-0.4, -0.2) is 23.6 Å². The van der Waals surface area contributed by atoms with Crippen LogP contribution in [0.1, 0.15) is 24.4 Å². The van der Waals surface area contributed by atoms with Crippen molar-refractivity contribution in [2.45, 2.75) is 25.4 Å². The third-order valence-electron chi connectivity index (χ3n) is 3.35. The van der Waals surface area contributed by atoms with Gasteiger partial charge in [0.2, 0.25) is 0 Å². The smallest absolute Gasteiger partial charge is 0.323 e. The average molecular weight is 288 g/mol. The van der Waals surface area contributed by atoms with E-state index in [0.29, 0.717) is 6.61 Å². The second-order valence-electron chi connectivity index (χ2n) is 4.83.